The Bertz CT molecular complexity index is 860. The summed E-state index contributed by atoms with van der Waals surface area (Å²) in [5, 5.41) is 12.1. The van der Waals surface area contributed by atoms with E-state index < -0.39 is 5.91 Å². The molecule has 2 aromatic rings. The van der Waals surface area contributed by atoms with Crippen molar-refractivity contribution in [1.29, 1.82) is 5.26 Å². The van der Waals surface area contributed by atoms with Gasteiger partial charge in [-0.15, -0.1) is 0 Å². The number of nitrogens with zero attached hydrogens (tertiary/aromatic N) is 1. The number of hydrogen-bond acceptors (Lipinski definition) is 3. The predicted molar refractivity (Wildman–Crippen MR) is 100 cm³/mol. The second kappa shape index (κ2) is 8.51. The molecule has 0 aliphatic heterocycles. The molecule has 0 unspecified atom stereocenters. The SMILES string of the molecule is C=CCOc1cccc(/C=C(/C#N)C(=O)Nc2cccc(C)c2C)c1. The van der Waals surface area contributed by atoms with Crippen molar-refractivity contribution in [3.8, 4) is 11.8 Å². The quantitative estimate of drug-likeness (QED) is 0.484. The Morgan fingerprint density at radius 3 is 2.76 bits per heavy atom. The van der Waals surface area contributed by atoms with Crippen LogP contribution in [0.4, 0.5) is 5.69 Å². The van der Waals surface area contributed by atoms with Crippen molar-refractivity contribution in [3.05, 3.63) is 77.4 Å². The number of amides is 1. The Morgan fingerprint density at radius 1 is 1.28 bits per heavy atom. The molecule has 4 heteroatoms. The zero-order valence-electron chi connectivity index (χ0n) is 14.4. The number of aryl methyl sites for hydroxylation is 1. The maximum absolute atomic E-state index is 12.4. The van der Waals surface area contributed by atoms with Gasteiger partial charge in [-0.3, -0.25) is 4.79 Å². The van der Waals surface area contributed by atoms with Crippen LogP contribution in [0.15, 0.2) is 60.7 Å². The van der Waals surface area contributed by atoms with Crippen LogP contribution in [0.1, 0.15) is 16.7 Å². The molecule has 25 heavy (non-hydrogen) atoms. The monoisotopic (exact) mass is 332 g/mol. The molecule has 0 aliphatic rings. The van der Waals surface area contributed by atoms with Crippen LogP contribution >= 0.6 is 0 Å². The molecular weight excluding hydrogens is 312 g/mol. The van der Waals surface area contributed by atoms with Crippen molar-refractivity contribution in [3.63, 3.8) is 0 Å². The molecular formula is C21H20N2O2. The van der Waals surface area contributed by atoms with Crippen LogP contribution in [0.3, 0.4) is 0 Å². The maximum Gasteiger partial charge on any atom is 0.266 e. The van der Waals surface area contributed by atoms with Gasteiger partial charge in [0.05, 0.1) is 0 Å². The van der Waals surface area contributed by atoms with Gasteiger partial charge in [0.15, 0.2) is 0 Å². The molecule has 0 saturated heterocycles. The Kier molecular flexibility index (Phi) is 6.14. The molecule has 126 valence electrons. The molecule has 0 radical (unpaired) electrons. The molecule has 0 saturated carbocycles. The van der Waals surface area contributed by atoms with Crippen molar-refractivity contribution in [1.82, 2.24) is 0 Å². The standard InChI is InChI=1S/C21H20N2O2/c1-4-11-25-19-9-6-8-17(13-19)12-18(14-22)21(24)23-20-10-5-7-15(2)16(20)3/h4-10,12-13H,1,11H2,2-3H3,(H,23,24)/b18-12-. The summed E-state index contributed by atoms with van der Waals surface area (Å²) < 4.78 is 5.47. The highest BCUT2D eigenvalue weighted by atomic mass is 16.5. The van der Waals surface area contributed by atoms with E-state index in [2.05, 4.69) is 11.9 Å². The van der Waals surface area contributed by atoms with E-state index in [1.807, 2.05) is 56.3 Å². The summed E-state index contributed by atoms with van der Waals surface area (Å²) in [6.45, 7) is 7.90. The lowest BCUT2D eigenvalue weighted by atomic mass is 10.1. The van der Waals surface area contributed by atoms with Gasteiger partial charge in [0.25, 0.3) is 5.91 Å². The lowest BCUT2D eigenvalue weighted by Gasteiger charge is -2.10. The lowest BCUT2D eigenvalue weighted by Crippen LogP contribution is -2.14. The molecule has 0 aromatic heterocycles. The van der Waals surface area contributed by atoms with Crippen molar-refractivity contribution in [2.24, 2.45) is 0 Å². The summed E-state index contributed by atoms with van der Waals surface area (Å²) in [6.07, 6.45) is 3.20. The molecule has 0 fully saturated rings. The Balaban J connectivity index is 2.22. The third-order valence-corrected chi connectivity index (χ3v) is 3.75. The molecule has 0 bridgehead atoms. The minimum absolute atomic E-state index is 0.0294. The van der Waals surface area contributed by atoms with Crippen LogP contribution in [-0.4, -0.2) is 12.5 Å². The Labute approximate surface area is 148 Å². The Hall–Kier alpha value is -3.32. The average Bonchev–Trinajstić information content (AvgIpc) is 2.62. The first-order chi connectivity index (χ1) is 12.0. The van der Waals surface area contributed by atoms with Gasteiger partial charge in [-0.1, -0.05) is 36.9 Å². The van der Waals surface area contributed by atoms with E-state index in [4.69, 9.17) is 4.74 Å². The van der Waals surface area contributed by atoms with Crippen molar-refractivity contribution in [2.75, 3.05) is 11.9 Å². The second-order valence-corrected chi connectivity index (χ2v) is 5.54. The van der Waals surface area contributed by atoms with Crippen LogP contribution in [0.2, 0.25) is 0 Å². The summed E-state index contributed by atoms with van der Waals surface area (Å²) in [5.74, 6) is 0.217. The summed E-state index contributed by atoms with van der Waals surface area (Å²) in [4.78, 5) is 12.4. The van der Waals surface area contributed by atoms with Gasteiger partial charge in [-0.2, -0.15) is 5.26 Å². The fourth-order valence-electron chi connectivity index (χ4n) is 2.24. The molecule has 4 nitrogen and oxygen atoms in total. The van der Waals surface area contributed by atoms with Gasteiger partial charge in [-0.25, -0.2) is 0 Å². The molecule has 2 aromatic carbocycles. The Morgan fingerprint density at radius 2 is 2.04 bits per heavy atom. The third kappa shape index (κ3) is 4.82. The maximum atomic E-state index is 12.4. The smallest absolute Gasteiger partial charge is 0.266 e. The van der Waals surface area contributed by atoms with Gasteiger partial charge < -0.3 is 10.1 Å². The van der Waals surface area contributed by atoms with Crippen LogP contribution in [0.5, 0.6) is 5.75 Å². The van der Waals surface area contributed by atoms with Gasteiger partial charge >= 0.3 is 0 Å². The van der Waals surface area contributed by atoms with E-state index in [9.17, 15) is 10.1 Å². The minimum atomic E-state index is -0.436. The van der Waals surface area contributed by atoms with Crippen LogP contribution < -0.4 is 10.1 Å². The van der Waals surface area contributed by atoms with Gasteiger partial charge in [0, 0.05) is 5.69 Å². The van der Waals surface area contributed by atoms with E-state index in [0.29, 0.717) is 23.6 Å². The molecule has 1 amide bonds. The number of ether oxygens (including phenoxy) is 1. The molecule has 0 atom stereocenters. The number of carbonyl (C=O) groups excluding carboxylic acids is 1. The number of benzene rings is 2. The van der Waals surface area contributed by atoms with Crippen molar-refractivity contribution >= 4 is 17.7 Å². The minimum Gasteiger partial charge on any atom is -0.490 e. The summed E-state index contributed by atoms with van der Waals surface area (Å²) in [7, 11) is 0. The molecule has 0 aliphatic carbocycles. The summed E-state index contributed by atoms with van der Waals surface area (Å²) >= 11 is 0. The number of hydrogen-bond donors (Lipinski definition) is 1. The number of anilines is 1. The summed E-state index contributed by atoms with van der Waals surface area (Å²) in [5.41, 5.74) is 3.51. The fourth-order valence-corrected chi connectivity index (χ4v) is 2.24. The molecule has 2 rings (SSSR count). The number of rotatable bonds is 6. The number of nitriles is 1. The van der Waals surface area contributed by atoms with Gasteiger partial charge in [0.2, 0.25) is 0 Å². The van der Waals surface area contributed by atoms with E-state index >= 15 is 0 Å². The van der Waals surface area contributed by atoms with Crippen molar-refractivity contribution < 1.29 is 9.53 Å². The van der Waals surface area contributed by atoms with Crippen LogP contribution in [0, 0.1) is 25.2 Å². The average molecular weight is 332 g/mol. The van der Waals surface area contributed by atoms with E-state index in [1.165, 1.54) is 0 Å². The van der Waals surface area contributed by atoms with Crippen molar-refractivity contribution in [2.45, 2.75) is 13.8 Å². The zero-order chi connectivity index (χ0) is 18.2. The zero-order valence-corrected chi connectivity index (χ0v) is 14.4. The molecule has 1 N–H and O–H groups in total. The lowest BCUT2D eigenvalue weighted by molar-refractivity contribution is -0.112. The van der Waals surface area contributed by atoms with E-state index in [0.717, 1.165) is 11.1 Å². The summed E-state index contributed by atoms with van der Waals surface area (Å²) in [6, 6.07) is 14.8. The highest BCUT2D eigenvalue weighted by Crippen LogP contribution is 2.20. The second-order valence-electron chi connectivity index (χ2n) is 5.54. The molecule has 0 heterocycles. The first-order valence-corrected chi connectivity index (χ1v) is 7.88. The highest BCUT2D eigenvalue weighted by Gasteiger charge is 2.11. The topological polar surface area (TPSA) is 62.1 Å². The first kappa shape index (κ1) is 18.0. The number of nitrogens with one attached hydrogen (secondary N) is 1. The number of carbonyl (C=O) groups is 1. The van der Waals surface area contributed by atoms with Crippen LogP contribution in [-0.2, 0) is 4.79 Å². The van der Waals surface area contributed by atoms with Gasteiger partial charge in [-0.05, 0) is 54.8 Å². The fraction of sp³-hybridized carbons (Fsp3) is 0.143. The third-order valence-electron chi connectivity index (χ3n) is 3.75. The largest absolute Gasteiger partial charge is 0.490 e. The van der Waals surface area contributed by atoms with Gasteiger partial charge in [0.1, 0.15) is 24.0 Å². The van der Waals surface area contributed by atoms with Crippen LogP contribution in [0.25, 0.3) is 6.08 Å². The predicted octanol–water partition coefficient (Wildman–Crippen LogP) is 4.41. The van der Waals surface area contributed by atoms with E-state index in [-0.39, 0.29) is 5.57 Å². The normalized spacial score (nSPS) is 10.7. The first-order valence-electron chi connectivity index (χ1n) is 7.88. The highest BCUT2D eigenvalue weighted by molar-refractivity contribution is 6.10. The molecule has 0 spiro atoms. The van der Waals surface area contributed by atoms with E-state index in [1.54, 1.807) is 18.2 Å².